The van der Waals surface area contributed by atoms with Crippen molar-refractivity contribution in [1.29, 1.82) is 0 Å². The predicted molar refractivity (Wildman–Crippen MR) is 165 cm³/mol. The number of hydrogen-bond donors (Lipinski definition) is 2. The molecule has 5 rings (SSSR count). The van der Waals surface area contributed by atoms with Gasteiger partial charge in [0.15, 0.2) is 5.69 Å². The SMILES string of the molecule is Cc1ccc(F)cc1S(=O)(=O)N1CCCC(=O)N(CCc2ccccc2)CC(=O)NC2CCc3c(c(nn3C)C(=O)NCC1)C2. The van der Waals surface area contributed by atoms with E-state index in [2.05, 4.69) is 15.7 Å². The van der Waals surface area contributed by atoms with Gasteiger partial charge in [-0.3, -0.25) is 19.1 Å². The molecule has 0 saturated carbocycles. The van der Waals surface area contributed by atoms with Gasteiger partial charge in [0.25, 0.3) is 5.91 Å². The number of nitrogens with zero attached hydrogens (tertiary/aromatic N) is 4. The first-order valence-electron chi connectivity index (χ1n) is 15.2. The summed E-state index contributed by atoms with van der Waals surface area (Å²) < 4.78 is 44.5. The Labute approximate surface area is 262 Å². The number of benzene rings is 2. The summed E-state index contributed by atoms with van der Waals surface area (Å²) in [6.07, 6.45) is 2.43. The Morgan fingerprint density at radius 3 is 2.60 bits per heavy atom. The highest BCUT2D eigenvalue weighted by Crippen LogP contribution is 2.25. The smallest absolute Gasteiger partial charge is 0.272 e. The third-order valence-corrected chi connectivity index (χ3v) is 10.5. The number of carbonyl (C=O) groups excluding carboxylic acids is 3. The maximum atomic E-state index is 14.1. The molecule has 3 amide bonds. The fraction of sp³-hybridized carbons (Fsp3) is 0.438. The third-order valence-electron chi connectivity index (χ3n) is 8.45. The second kappa shape index (κ2) is 13.9. The minimum atomic E-state index is -4.17. The fourth-order valence-corrected chi connectivity index (χ4v) is 7.74. The van der Waals surface area contributed by atoms with Gasteiger partial charge in [-0.2, -0.15) is 9.40 Å². The number of halogens is 1. The topological polar surface area (TPSA) is 134 Å². The van der Waals surface area contributed by atoms with E-state index >= 15 is 0 Å². The van der Waals surface area contributed by atoms with E-state index in [1.54, 1.807) is 18.7 Å². The number of aromatic nitrogens is 2. The van der Waals surface area contributed by atoms with E-state index < -0.39 is 21.7 Å². The molecule has 2 aromatic carbocycles. The average Bonchev–Trinajstić information content (AvgIpc) is 3.34. The molecule has 1 aliphatic carbocycles. The van der Waals surface area contributed by atoms with E-state index in [-0.39, 0.29) is 67.5 Å². The highest BCUT2D eigenvalue weighted by atomic mass is 32.2. The van der Waals surface area contributed by atoms with Crippen LogP contribution in [0.1, 0.15) is 52.1 Å². The van der Waals surface area contributed by atoms with Gasteiger partial charge in [0.05, 0.1) is 11.4 Å². The van der Waals surface area contributed by atoms with Gasteiger partial charge < -0.3 is 15.5 Å². The Hall–Kier alpha value is -4.10. The Kier molecular flexibility index (Phi) is 9.98. The monoisotopic (exact) mass is 638 g/mol. The highest BCUT2D eigenvalue weighted by molar-refractivity contribution is 7.89. The quantitative estimate of drug-likeness (QED) is 0.440. The first-order chi connectivity index (χ1) is 21.5. The van der Waals surface area contributed by atoms with Crippen LogP contribution in [0.4, 0.5) is 4.39 Å². The molecule has 0 saturated heterocycles. The molecule has 45 heavy (non-hydrogen) atoms. The van der Waals surface area contributed by atoms with Crippen molar-refractivity contribution in [2.45, 2.75) is 56.4 Å². The van der Waals surface area contributed by atoms with Crippen LogP contribution in [0.2, 0.25) is 0 Å². The first kappa shape index (κ1) is 32.3. The van der Waals surface area contributed by atoms with Crippen LogP contribution in [0.25, 0.3) is 0 Å². The lowest BCUT2D eigenvalue weighted by Crippen LogP contribution is -2.46. The van der Waals surface area contributed by atoms with Crippen LogP contribution < -0.4 is 10.6 Å². The molecule has 1 atom stereocenters. The standard InChI is InChI=1S/C32H39FN6O5S/c1-22-10-11-24(33)19-28(22)45(43,44)39-16-6-9-30(41)38(17-14-23-7-4-3-5-8-23)21-29(40)35-25-12-13-27-26(20-25)31(36-37(27)2)32(42)34-15-18-39/h3-5,7-8,10-11,19,25H,6,9,12-18,20-21H2,1-2H3,(H,34,42)(H,35,40). The van der Waals surface area contributed by atoms with Gasteiger partial charge in [-0.15, -0.1) is 0 Å². The van der Waals surface area contributed by atoms with Crippen LogP contribution in [0.15, 0.2) is 53.4 Å². The van der Waals surface area contributed by atoms with Crippen LogP contribution in [-0.2, 0) is 45.9 Å². The van der Waals surface area contributed by atoms with Crippen LogP contribution in [0.5, 0.6) is 0 Å². The van der Waals surface area contributed by atoms with E-state index in [0.29, 0.717) is 37.8 Å². The molecule has 13 heteroatoms. The molecule has 3 aromatic rings. The Balaban J connectivity index is 1.43. The minimum Gasteiger partial charge on any atom is -0.351 e. The fourth-order valence-electron chi connectivity index (χ4n) is 6.03. The lowest BCUT2D eigenvalue weighted by Gasteiger charge is -2.27. The second-order valence-electron chi connectivity index (χ2n) is 11.6. The van der Waals surface area contributed by atoms with Gasteiger partial charge in [0, 0.05) is 56.9 Å². The van der Waals surface area contributed by atoms with Crippen molar-refractivity contribution in [2.24, 2.45) is 7.05 Å². The zero-order valence-electron chi connectivity index (χ0n) is 25.6. The Bertz CT molecular complexity index is 1680. The van der Waals surface area contributed by atoms with Gasteiger partial charge >= 0.3 is 0 Å². The number of amides is 3. The molecule has 2 N–H and O–H groups in total. The summed E-state index contributed by atoms with van der Waals surface area (Å²) in [7, 11) is -2.40. The number of fused-ring (bicyclic) bond motifs is 1. The van der Waals surface area contributed by atoms with Crippen molar-refractivity contribution in [3.63, 3.8) is 0 Å². The molecule has 2 aliphatic rings. The molecule has 1 unspecified atom stereocenters. The average molecular weight is 639 g/mol. The molecular formula is C32H39FN6O5S. The van der Waals surface area contributed by atoms with E-state index in [1.807, 2.05) is 30.3 Å². The molecule has 0 radical (unpaired) electrons. The molecule has 1 aliphatic heterocycles. The molecular weight excluding hydrogens is 599 g/mol. The summed E-state index contributed by atoms with van der Waals surface area (Å²) in [5.74, 6) is -1.68. The molecule has 0 spiro atoms. The number of aryl methyl sites for hydroxylation is 2. The lowest BCUT2D eigenvalue weighted by atomic mass is 9.91. The summed E-state index contributed by atoms with van der Waals surface area (Å²) >= 11 is 0. The van der Waals surface area contributed by atoms with Gasteiger partial charge in [-0.05, 0) is 62.3 Å². The number of rotatable bonds is 5. The van der Waals surface area contributed by atoms with Crippen molar-refractivity contribution in [3.8, 4) is 0 Å². The molecule has 11 nitrogen and oxygen atoms in total. The summed E-state index contributed by atoms with van der Waals surface area (Å²) in [5, 5.41) is 10.3. The number of nitrogens with one attached hydrogen (secondary N) is 2. The van der Waals surface area contributed by atoms with Crippen molar-refractivity contribution < 1.29 is 27.2 Å². The van der Waals surface area contributed by atoms with Gasteiger partial charge in [0.2, 0.25) is 21.8 Å². The normalized spacial score (nSPS) is 19.1. The second-order valence-corrected chi connectivity index (χ2v) is 13.5. The van der Waals surface area contributed by atoms with Crippen molar-refractivity contribution >= 4 is 27.7 Å². The summed E-state index contributed by atoms with van der Waals surface area (Å²) in [6, 6.07) is 13.0. The first-order valence-corrected chi connectivity index (χ1v) is 16.7. The molecule has 240 valence electrons. The lowest BCUT2D eigenvalue weighted by molar-refractivity contribution is -0.136. The van der Waals surface area contributed by atoms with E-state index in [4.69, 9.17) is 0 Å². The van der Waals surface area contributed by atoms with Crippen LogP contribution in [-0.4, -0.2) is 83.9 Å². The van der Waals surface area contributed by atoms with Gasteiger partial charge in [-0.1, -0.05) is 36.4 Å². The molecule has 1 aromatic heterocycles. The van der Waals surface area contributed by atoms with Crippen LogP contribution in [0, 0.1) is 12.7 Å². The number of hydrogen-bond acceptors (Lipinski definition) is 6. The highest BCUT2D eigenvalue weighted by Gasteiger charge is 2.31. The van der Waals surface area contributed by atoms with Gasteiger partial charge in [0.1, 0.15) is 5.82 Å². The summed E-state index contributed by atoms with van der Waals surface area (Å²) in [5.41, 5.74) is 3.30. The molecule has 0 fully saturated rings. The van der Waals surface area contributed by atoms with Crippen LogP contribution in [0.3, 0.4) is 0 Å². The summed E-state index contributed by atoms with van der Waals surface area (Å²) in [6.45, 7) is 1.62. The van der Waals surface area contributed by atoms with Crippen molar-refractivity contribution in [3.05, 3.63) is 82.4 Å². The maximum Gasteiger partial charge on any atom is 0.272 e. The predicted octanol–water partition coefficient (Wildman–Crippen LogP) is 2.13. The minimum absolute atomic E-state index is 0.00535. The van der Waals surface area contributed by atoms with E-state index in [1.165, 1.54) is 21.3 Å². The molecule has 2 bridgehead atoms. The third kappa shape index (κ3) is 7.59. The van der Waals surface area contributed by atoms with E-state index in [9.17, 15) is 27.2 Å². The van der Waals surface area contributed by atoms with Crippen molar-refractivity contribution in [2.75, 3.05) is 32.7 Å². The largest absolute Gasteiger partial charge is 0.351 e. The molecule has 2 heterocycles. The Morgan fingerprint density at radius 1 is 1.04 bits per heavy atom. The summed E-state index contributed by atoms with van der Waals surface area (Å²) in [4.78, 5) is 41.4. The zero-order chi connectivity index (χ0) is 32.1. The van der Waals surface area contributed by atoms with Gasteiger partial charge in [-0.25, -0.2) is 12.8 Å². The number of sulfonamides is 1. The van der Waals surface area contributed by atoms with E-state index in [0.717, 1.165) is 22.9 Å². The zero-order valence-corrected chi connectivity index (χ0v) is 26.4. The van der Waals surface area contributed by atoms with Crippen molar-refractivity contribution in [1.82, 2.24) is 29.6 Å². The van der Waals surface area contributed by atoms with Crippen LogP contribution >= 0.6 is 0 Å². The maximum absolute atomic E-state index is 14.1. The number of carbonyl (C=O) groups is 3. The Morgan fingerprint density at radius 2 is 1.82 bits per heavy atom.